The lowest BCUT2D eigenvalue weighted by Crippen LogP contribution is -2.66. The third-order valence-electron chi connectivity index (χ3n) is 7.18. The molecule has 2 aliphatic heterocycles. The molecule has 0 amide bonds. The molecule has 1 aromatic carbocycles. The molecule has 0 bridgehead atoms. The lowest BCUT2D eigenvalue weighted by Gasteiger charge is -2.55. The number of halogens is 4. The minimum absolute atomic E-state index is 0.0153. The van der Waals surface area contributed by atoms with Crippen LogP contribution in [0.2, 0.25) is 5.15 Å². The van der Waals surface area contributed by atoms with Gasteiger partial charge in [0.1, 0.15) is 10.8 Å². The van der Waals surface area contributed by atoms with Crippen molar-refractivity contribution in [2.75, 3.05) is 43.6 Å². The lowest BCUT2D eigenvalue weighted by atomic mass is 9.78. The first kappa shape index (κ1) is 25.6. The average Bonchev–Trinajstić information content (AvgIpc) is 3.29. The van der Waals surface area contributed by atoms with Crippen LogP contribution in [-0.4, -0.2) is 58.7 Å². The normalized spacial score (nSPS) is 17.3. The van der Waals surface area contributed by atoms with E-state index in [0.29, 0.717) is 48.8 Å². The number of hydrogen-bond donors (Lipinski definition) is 1. The molecule has 4 aromatic rings. The van der Waals surface area contributed by atoms with Crippen LogP contribution in [0.25, 0.3) is 16.6 Å². The number of carbonyl (C=O) groups excluding carboxylic acids is 1. The number of anilines is 2. The fourth-order valence-electron chi connectivity index (χ4n) is 5.26. The third kappa shape index (κ3) is 4.31. The zero-order valence-corrected chi connectivity index (χ0v) is 22.0. The predicted octanol–water partition coefficient (Wildman–Crippen LogP) is 5.05. The molecular formula is C26H24ClF3N6O3. The minimum Gasteiger partial charge on any atom is -0.464 e. The van der Waals surface area contributed by atoms with Crippen LogP contribution in [0, 0.1) is 12.3 Å². The number of esters is 1. The van der Waals surface area contributed by atoms with Crippen LogP contribution in [0.1, 0.15) is 40.3 Å². The first-order valence-electron chi connectivity index (χ1n) is 12.2. The van der Waals surface area contributed by atoms with Crippen molar-refractivity contribution < 1.29 is 27.4 Å². The number of nitrogens with zero attached hydrogens (tertiary/aromatic N) is 5. The number of fused-ring (bicyclic) bond motifs is 3. The number of methoxy groups -OCH3 is 1. The third-order valence-corrected chi connectivity index (χ3v) is 7.39. The van der Waals surface area contributed by atoms with Crippen molar-refractivity contribution in [1.29, 1.82) is 0 Å². The van der Waals surface area contributed by atoms with E-state index in [9.17, 15) is 18.0 Å². The molecule has 5 heterocycles. The van der Waals surface area contributed by atoms with Gasteiger partial charge in [-0.2, -0.15) is 13.2 Å². The number of nitrogens with one attached hydrogen (secondary N) is 1. The van der Waals surface area contributed by atoms with Crippen LogP contribution < -0.4 is 10.2 Å². The number of aryl methyl sites for hydroxylation is 1. The molecule has 0 saturated carbocycles. The van der Waals surface area contributed by atoms with Gasteiger partial charge >= 0.3 is 12.1 Å². The lowest BCUT2D eigenvalue weighted by molar-refractivity contribution is -0.140. The van der Waals surface area contributed by atoms with E-state index >= 15 is 0 Å². The van der Waals surface area contributed by atoms with Gasteiger partial charge in [-0.15, -0.1) is 0 Å². The molecule has 6 rings (SSSR count). The number of pyridine rings is 1. The fraction of sp³-hybridized carbons (Fsp3) is 0.385. The molecule has 1 spiro atoms. The Morgan fingerprint density at radius 3 is 2.59 bits per heavy atom. The highest BCUT2D eigenvalue weighted by atomic mass is 35.5. The maximum atomic E-state index is 13.7. The minimum atomic E-state index is -4.61. The molecule has 0 radical (unpaired) electrons. The van der Waals surface area contributed by atoms with E-state index in [4.69, 9.17) is 26.1 Å². The monoisotopic (exact) mass is 560 g/mol. The van der Waals surface area contributed by atoms with Crippen LogP contribution in [0.3, 0.4) is 0 Å². The smallest absolute Gasteiger partial charge is 0.434 e. The molecule has 2 aliphatic rings. The summed E-state index contributed by atoms with van der Waals surface area (Å²) in [5, 5.41) is 3.89. The molecule has 13 heteroatoms. The summed E-state index contributed by atoms with van der Waals surface area (Å²) in [7, 11) is 1.25. The molecule has 3 aromatic heterocycles. The standard InChI is InChI=1S/C26H24ClF3N6O3/c1-13-6-15(14(2)31-17-4-5-19(27)33-21(17)23(37)38-3)20-16(7-13)22-32-18(26(28,29)30)8-36(22)24(34-20)35-9-25(10-35)11-39-12-25/h4-8,14,31H,9-12H2,1-3H3/t14-/m1/s1. The largest absolute Gasteiger partial charge is 0.464 e. The summed E-state index contributed by atoms with van der Waals surface area (Å²) in [5.41, 5.74) is 1.67. The van der Waals surface area contributed by atoms with E-state index in [1.807, 2.05) is 24.8 Å². The van der Waals surface area contributed by atoms with Crippen LogP contribution in [-0.2, 0) is 15.7 Å². The summed E-state index contributed by atoms with van der Waals surface area (Å²) < 4.78 is 52.9. The Bertz CT molecular complexity index is 1630. The molecule has 1 atom stereocenters. The maximum Gasteiger partial charge on any atom is 0.434 e. The zero-order valence-electron chi connectivity index (χ0n) is 21.3. The Hall–Kier alpha value is -3.64. The highest BCUT2D eigenvalue weighted by molar-refractivity contribution is 6.29. The number of benzene rings is 1. The van der Waals surface area contributed by atoms with Crippen LogP contribution in [0.5, 0.6) is 0 Å². The van der Waals surface area contributed by atoms with Gasteiger partial charge in [-0.25, -0.2) is 19.7 Å². The van der Waals surface area contributed by atoms with Gasteiger partial charge in [-0.1, -0.05) is 17.7 Å². The molecular weight excluding hydrogens is 537 g/mol. The number of aromatic nitrogens is 4. The molecule has 2 saturated heterocycles. The summed E-state index contributed by atoms with van der Waals surface area (Å²) in [6, 6.07) is 6.44. The number of hydrogen-bond acceptors (Lipinski definition) is 8. The second-order valence-corrected chi connectivity index (χ2v) is 10.6. The molecule has 0 aliphatic carbocycles. The summed E-state index contributed by atoms with van der Waals surface area (Å²) in [6.07, 6.45) is -3.61. The maximum absolute atomic E-state index is 13.7. The van der Waals surface area contributed by atoms with Gasteiger partial charge in [0.05, 0.1) is 43.0 Å². The number of ether oxygens (including phenoxy) is 2. The van der Waals surface area contributed by atoms with E-state index in [-0.39, 0.29) is 21.9 Å². The average molecular weight is 561 g/mol. The Morgan fingerprint density at radius 2 is 1.95 bits per heavy atom. The van der Waals surface area contributed by atoms with Crippen LogP contribution >= 0.6 is 11.6 Å². The first-order valence-corrected chi connectivity index (χ1v) is 12.6. The van der Waals surface area contributed by atoms with Crippen molar-refractivity contribution in [3.05, 3.63) is 58.1 Å². The van der Waals surface area contributed by atoms with Crippen molar-refractivity contribution in [2.24, 2.45) is 5.41 Å². The molecule has 39 heavy (non-hydrogen) atoms. The summed E-state index contributed by atoms with van der Waals surface area (Å²) in [5.74, 6) is -0.272. The van der Waals surface area contributed by atoms with Gasteiger partial charge in [0.2, 0.25) is 5.95 Å². The Morgan fingerprint density at radius 1 is 1.21 bits per heavy atom. The van der Waals surface area contributed by atoms with E-state index in [1.54, 1.807) is 18.2 Å². The highest BCUT2D eigenvalue weighted by Gasteiger charge is 2.50. The van der Waals surface area contributed by atoms with Gasteiger partial charge in [0.15, 0.2) is 11.4 Å². The highest BCUT2D eigenvalue weighted by Crippen LogP contribution is 2.42. The van der Waals surface area contributed by atoms with Crippen molar-refractivity contribution in [2.45, 2.75) is 26.1 Å². The molecule has 2 fully saturated rings. The van der Waals surface area contributed by atoms with Gasteiger partial charge in [0.25, 0.3) is 0 Å². The second kappa shape index (κ2) is 8.95. The summed E-state index contributed by atoms with van der Waals surface area (Å²) >= 11 is 6.00. The van der Waals surface area contributed by atoms with E-state index in [0.717, 1.165) is 17.3 Å². The van der Waals surface area contributed by atoms with E-state index < -0.39 is 23.9 Å². The first-order chi connectivity index (χ1) is 18.5. The molecule has 0 unspecified atom stereocenters. The van der Waals surface area contributed by atoms with Crippen molar-refractivity contribution in [1.82, 2.24) is 19.4 Å². The van der Waals surface area contributed by atoms with Gasteiger partial charge < -0.3 is 19.7 Å². The number of carbonyl (C=O) groups is 1. The van der Waals surface area contributed by atoms with Gasteiger partial charge in [0, 0.05) is 30.2 Å². The van der Waals surface area contributed by atoms with Crippen LogP contribution in [0.4, 0.5) is 24.8 Å². The second-order valence-electron chi connectivity index (χ2n) is 10.2. The van der Waals surface area contributed by atoms with Crippen molar-refractivity contribution >= 4 is 45.8 Å². The van der Waals surface area contributed by atoms with Gasteiger partial charge in [-0.3, -0.25) is 4.40 Å². The number of alkyl halides is 3. The van der Waals surface area contributed by atoms with E-state index in [2.05, 4.69) is 15.3 Å². The van der Waals surface area contributed by atoms with E-state index in [1.165, 1.54) is 11.5 Å². The molecule has 204 valence electrons. The Kier molecular flexibility index (Phi) is 5.88. The molecule has 9 nitrogen and oxygen atoms in total. The SMILES string of the molecule is COC(=O)c1nc(Cl)ccc1N[C@H](C)c1cc(C)cc2c1nc(N1CC3(COC3)C1)n1cc(C(F)(F)F)nc21. The van der Waals surface area contributed by atoms with Crippen LogP contribution in [0.15, 0.2) is 30.5 Å². The topological polar surface area (TPSA) is 93.9 Å². The zero-order chi connectivity index (χ0) is 27.7. The Labute approximate surface area is 225 Å². The fourth-order valence-corrected chi connectivity index (χ4v) is 5.41. The summed E-state index contributed by atoms with van der Waals surface area (Å²) in [6.45, 7) is 6.24. The quantitative estimate of drug-likeness (QED) is 0.268. The van der Waals surface area contributed by atoms with Crippen molar-refractivity contribution in [3.8, 4) is 0 Å². The summed E-state index contributed by atoms with van der Waals surface area (Å²) in [4.78, 5) is 27.3. The number of imidazole rings is 1. The van der Waals surface area contributed by atoms with Crippen molar-refractivity contribution in [3.63, 3.8) is 0 Å². The predicted molar refractivity (Wildman–Crippen MR) is 138 cm³/mol. The molecule has 1 N–H and O–H groups in total. The van der Waals surface area contributed by atoms with Gasteiger partial charge in [-0.05, 0) is 37.6 Å². The Balaban J connectivity index is 1.49. The number of rotatable bonds is 5.